The van der Waals surface area contributed by atoms with Gasteiger partial charge in [-0.25, -0.2) is 23.1 Å². The number of aromatic nitrogens is 2. The van der Waals surface area contributed by atoms with E-state index in [0.29, 0.717) is 29.4 Å². The summed E-state index contributed by atoms with van der Waals surface area (Å²) in [5, 5.41) is 3.02. The fourth-order valence-electron chi connectivity index (χ4n) is 3.22. The van der Waals surface area contributed by atoms with Gasteiger partial charge in [-0.05, 0) is 30.2 Å². The molecule has 32 heavy (non-hydrogen) atoms. The van der Waals surface area contributed by atoms with E-state index in [1.807, 2.05) is 0 Å². The van der Waals surface area contributed by atoms with Crippen LogP contribution in [0.2, 0.25) is 0 Å². The molecule has 0 radical (unpaired) electrons. The van der Waals surface area contributed by atoms with E-state index in [1.165, 1.54) is 23.9 Å². The molecule has 1 aliphatic carbocycles. The molecule has 2 aromatic rings. The number of halogens is 3. The summed E-state index contributed by atoms with van der Waals surface area (Å²) in [6.45, 7) is -0.456. The second kappa shape index (κ2) is 10.2. The number of nitrogens with two attached hydrogens (primary N) is 1. The molecule has 0 saturated heterocycles. The molecule has 1 aromatic heterocycles. The first kappa shape index (κ1) is 23.8. The number of alkyl halides is 2. The number of hydrogen-bond donors (Lipinski definition) is 2. The molecule has 172 valence electrons. The highest BCUT2D eigenvalue weighted by Gasteiger charge is 2.57. The summed E-state index contributed by atoms with van der Waals surface area (Å²) in [4.78, 5) is 24.1. The standard InChI is InChI=1S/C20H22F3N5O3S/c1-25-19(24)32-20(10-30-2)6-13(20)12-5-11(3-4-14(12)21)28-18(29)15-7-27-17(8-26-15)31-9-16(22)23/h3-5,7-8,13,16H,6,9-10H2,1-2H3,(H2,24,25)(H,28,29)/t13-,20+/m0/s1. The SMILES string of the molecule is CN=C(N)S[C@@]1(COC)C[C@H]1c1cc(NC(=O)c2cnc(OCC(F)F)cn2)ccc1F. The van der Waals surface area contributed by atoms with Crippen LogP contribution in [0.5, 0.6) is 5.88 Å². The van der Waals surface area contributed by atoms with Crippen molar-refractivity contribution in [2.24, 2.45) is 10.7 Å². The number of nitrogens with zero attached hydrogens (tertiary/aromatic N) is 3. The Morgan fingerprint density at radius 3 is 2.81 bits per heavy atom. The third-order valence-corrected chi connectivity index (χ3v) is 6.16. The second-order valence-electron chi connectivity index (χ2n) is 7.05. The molecule has 1 saturated carbocycles. The lowest BCUT2D eigenvalue weighted by Gasteiger charge is -2.16. The van der Waals surface area contributed by atoms with Crippen molar-refractivity contribution in [3.8, 4) is 5.88 Å². The van der Waals surface area contributed by atoms with Gasteiger partial charge in [-0.3, -0.25) is 9.79 Å². The van der Waals surface area contributed by atoms with E-state index in [1.54, 1.807) is 20.2 Å². The molecule has 2 atom stereocenters. The Labute approximate surface area is 186 Å². The van der Waals surface area contributed by atoms with E-state index in [4.69, 9.17) is 15.2 Å². The zero-order valence-corrected chi connectivity index (χ0v) is 18.2. The number of thioether (sulfide) groups is 1. The first-order valence-electron chi connectivity index (χ1n) is 9.52. The van der Waals surface area contributed by atoms with Crippen LogP contribution < -0.4 is 15.8 Å². The molecule has 1 aromatic carbocycles. The van der Waals surface area contributed by atoms with Crippen LogP contribution in [0.3, 0.4) is 0 Å². The summed E-state index contributed by atoms with van der Waals surface area (Å²) in [5.41, 5.74) is 6.60. The Hall–Kier alpha value is -2.86. The molecule has 3 rings (SSSR count). The van der Waals surface area contributed by atoms with Crippen molar-refractivity contribution in [3.63, 3.8) is 0 Å². The topological polar surface area (TPSA) is 112 Å². The summed E-state index contributed by atoms with van der Waals surface area (Å²) < 4.78 is 48.6. The maximum Gasteiger partial charge on any atom is 0.275 e. The van der Waals surface area contributed by atoms with Crippen LogP contribution >= 0.6 is 11.8 Å². The average molecular weight is 469 g/mol. The van der Waals surface area contributed by atoms with E-state index in [9.17, 15) is 18.0 Å². The number of amides is 1. The highest BCUT2D eigenvalue weighted by molar-refractivity contribution is 8.15. The third kappa shape index (κ3) is 5.68. The molecule has 0 unspecified atom stereocenters. The molecular formula is C20H22F3N5O3S. The van der Waals surface area contributed by atoms with Crippen LogP contribution in [0, 0.1) is 5.82 Å². The monoisotopic (exact) mass is 469 g/mol. The van der Waals surface area contributed by atoms with Gasteiger partial charge in [-0.1, -0.05) is 11.8 Å². The molecular weight excluding hydrogens is 447 g/mol. The van der Waals surface area contributed by atoms with E-state index < -0.39 is 29.5 Å². The van der Waals surface area contributed by atoms with Crippen molar-refractivity contribution in [2.45, 2.75) is 23.5 Å². The summed E-state index contributed by atoms with van der Waals surface area (Å²) in [5.74, 6) is -1.29. The van der Waals surface area contributed by atoms with Gasteiger partial charge in [0.2, 0.25) is 5.88 Å². The van der Waals surface area contributed by atoms with Crippen molar-refractivity contribution in [1.82, 2.24) is 9.97 Å². The molecule has 3 N–H and O–H groups in total. The van der Waals surface area contributed by atoms with Crippen LogP contribution in [0.15, 0.2) is 35.6 Å². The number of anilines is 1. The number of amidine groups is 1. The average Bonchev–Trinajstić information content (AvgIpc) is 3.46. The predicted molar refractivity (Wildman–Crippen MR) is 115 cm³/mol. The molecule has 0 spiro atoms. The maximum atomic E-state index is 14.6. The number of hydrogen-bond acceptors (Lipinski definition) is 7. The smallest absolute Gasteiger partial charge is 0.275 e. The summed E-state index contributed by atoms with van der Waals surface area (Å²) in [7, 11) is 3.14. The summed E-state index contributed by atoms with van der Waals surface area (Å²) >= 11 is 1.34. The molecule has 0 aliphatic heterocycles. The van der Waals surface area contributed by atoms with Crippen LogP contribution in [-0.2, 0) is 4.74 Å². The molecule has 1 fully saturated rings. The van der Waals surface area contributed by atoms with Crippen molar-refractivity contribution >= 4 is 28.5 Å². The van der Waals surface area contributed by atoms with Crippen LogP contribution in [-0.4, -0.2) is 59.6 Å². The van der Waals surface area contributed by atoms with Crippen LogP contribution in [0.25, 0.3) is 0 Å². The number of nitrogens with one attached hydrogen (secondary N) is 1. The Morgan fingerprint density at radius 1 is 1.41 bits per heavy atom. The number of methoxy groups -OCH3 is 1. The van der Waals surface area contributed by atoms with Crippen LogP contribution in [0.1, 0.15) is 28.4 Å². The van der Waals surface area contributed by atoms with Crippen molar-refractivity contribution in [1.29, 1.82) is 0 Å². The Bertz CT molecular complexity index is 993. The minimum atomic E-state index is -2.65. The zero-order valence-electron chi connectivity index (χ0n) is 17.3. The van der Waals surface area contributed by atoms with Gasteiger partial charge in [-0.15, -0.1) is 0 Å². The number of benzene rings is 1. The minimum absolute atomic E-state index is 0.0529. The van der Waals surface area contributed by atoms with Gasteiger partial charge in [0.1, 0.15) is 11.5 Å². The van der Waals surface area contributed by atoms with Gasteiger partial charge in [0.05, 0.1) is 23.7 Å². The molecule has 1 heterocycles. The third-order valence-electron chi connectivity index (χ3n) is 4.79. The van der Waals surface area contributed by atoms with Gasteiger partial charge in [0.25, 0.3) is 12.3 Å². The fourth-order valence-corrected chi connectivity index (χ4v) is 4.42. The number of carbonyl (C=O) groups is 1. The lowest BCUT2D eigenvalue weighted by atomic mass is 10.1. The van der Waals surface area contributed by atoms with E-state index in [0.717, 1.165) is 12.4 Å². The Balaban J connectivity index is 1.71. The quantitative estimate of drug-likeness (QED) is 0.429. The largest absolute Gasteiger partial charge is 0.470 e. The maximum absolute atomic E-state index is 14.6. The molecule has 12 heteroatoms. The van der Waals surface area contributed by atoms with E-state index in [2.05, 4.69) is 20.3 Å². The molecule has 1 aliphatic rings. The van der Waals surface area contributed by atoms with E-state index >= 15 is 0 Å². The van der Waals surface area contributed by atoms with Crippen molar-refractivity contribution in [2.75, 3.05) is 32.7 Å². The number of aliphatic imine (C=N–C) groups is 1. The zero-order chi connectivity index (χ0) is 23.3. The van der Waals surface area contributed by atoms with Gasteiger partial charge < -0.3 is 20.5 Å². The first-order chi connectivity index (χ1) is 15.3. The van der Waals surface area contributed by atoms with Gasteiger partial charge in [-0.2, -0.15) is 0 Å². The normalized spacial score (nSPS) is 20.3. The first-order valence-corrected chi connectivity index (χ1v) is 10.3. The minimum Gasteiger partial charge on any atom is -0.470 e. The molecule has 8 nitrogen and oxygen atoms in total. The van der Waals surface area contributed by atoms with E-state index in [-0.39, 0.29) is 17.5 Å². The Morgan fingerprint density at radius 2 is 2.19 bits per heavy atom. The van der Waals surface area contributed by atoms with Crippen LogP contribution in [0.4, 0.5) is 18.9 Å². The summed E-state index contributed by atoms with van der Waals surface area (Å²) in [6, 6.07) is 4.26. The lowest BCUT2D eigenvalue weighted by molar-refractivity contribution is 0.0792. The predicted octanol–water partition coefficient (Wildman–Crippen LogP) is 3.06. The summed E-state index contributed by atoms with van der Waals surface area (Å²) in [6.07, 6.45) is 0.176. The number of ether oxygens (including phenoxy) is 2. The lowest BCUT2D eigenvalue weighted by Crippen LogP contribution is -2.21. The highest BCUT2D eigenvalue weighted by atomic mass is 32.2. The van der Waals surface area contributed by atoms with Crippen molar-refractivity contribution < 1.29 is 27.4 Å². The Kier molecular flexibility index (Phi) is 7.56. The fraction of sp³-hybridized carbons (Fsp3) is 0.400. The number of carbonyl (C=O) groups excluding carboxylic acids is 1. The number of rotatable bonds is 9. The van der Waals surface area contributed by atoms with Gasteiger partial charge >= 0.3 is 0 Å². The second-order valence-corrected chi connectivity index (χ2v) is 8.49. The highest BCUT2D eigenvalue weighted by Crippen LogP contribution is 2.61. The molecule has 0 bridgehead atoms. The molecule has 1 amide bonds. The van der Waals surface area contributed by atoms with Gasteiger partial charge in [0.15, 0.2) is 11.8 Å². The van der Waals surface area contributed by atoms with Gasteiger partial charge in [0, 0.05) is 25.8 Å². The van der Waals surface area contributed by atoms with Crippen molar-refractivity contribution in [3.05, 3.63) is 47.7 Å².